The van der Waals surface area contributed by atoms with Crippen molar-refractivity contribution in [3.8, 4) is 11.8 Å². The van der Waals surface area contributed by atoms with Gasteiger partial charge in [0.05, 0.1) is 10.7 Å². The fraction of sp³-hybridized carbons (Fsp3) is 0.133. The molecule has 0 spiro atoms. The number of thiazole rings is 1. The topological polar surface area (TPSA) is 83.2 Å². The van der Waals surface area contributed by atoms with Gasteiger partial charge < -0.3 is 9.84 Å². The molecule has 0 bridgehead atoms. The Labute approximate surface area is 125 Å². The van der Waals surface area contributed by atoms with Gasteiger partial charge in [0.25, 0.3) is 0 Å². The van der Waals surface area contributed by atoms with Crippen molar-refractivity contribution in [2.24, 2.45) is 0 Å². The molecule has 5 nitrogen and oxygen atoms in total. The summed E-state index contributed by atoms with van der Waals surface area (Å²) in [5, 5.41) is 20.4. The Bertz CT molecular complexity index is 711. The molecular formula is C15H12N2O3S. The Morgan fingerprint density at radius 1 is 1.48 bits per heavy atom. The standard InChI is InChI=1S/C15H12N2O3S/c1-10-17-13(9-21-10)8-20-14-4-2-11(3-5-14)6-12(7-16)15(18)19/h2-6,9H,8H2,1H3,(H,18,19)/b12-6-. The highest BCUT2D eigenvalue weighted by Crippen LogP contribution is 2.17. The maximum atomic E-state index is 10.7. The maximum Gasteiger partial charge on any atom is 0.346 e. The van der Waals surface area contributed by atoms with Crippen LogP contribution in [0.2, 0.25) is 0 Å². The zero-order valence-electron chi connectivity index (χ0n) is 11.2. The van der Waals surface area contributed by atoms with Crippen LogP contribution in [-0.2, 0) is 11.4 Å². The second-order valence-corrected chi connectivity index (χ2v) is 5.25. The van der Waals surface area contributed by atoms with Crippen molar-refractivity contribution >= 4 is 23.4 Å². The molecule has 21 heavy (non-hydrogen) atoms. The van der Waals surface area contributed by atoms with Gasteiger partial charge in [-0.2, -0.15) is 5.26 Å². The van der Waals surface area contributed by atoms with Gasteiger partial charge in [-0.1, -0.05) is 12.1 Å². The van der Waals surface area contributed by atoms with Crippen LogP contribution in [0.3, 0.4) is 0 Å². The number of ether oxygens (including phenoxy) is 1. The summed E-state index contributed by atoms with van der Waals surface area (Å²) in [6.07, 6.45) is 1.32. The number of nitrogens with zero attached hydrogens (tertiary/aromatic N) is 2. The number of carbonyl (C=O) groups is 1. The van der Waals surface area contributed by atoms with Gasteiger partial charge in [0.2, 0.25) is 0 Å². The summed E-state index contributed by atoms with van der Waals surface area (Å²) < 4.78 is 5.58. The summed E-state index contributed by atoms with van der Waals surface area (Å²) in [5.41, 5.74) is 1.20. The minimum absolute atomic E-state index is 0.304. The molecule has 1 heterocycles. The first kappa shape index (κ1) is 14.8. The molecule has 1 N–H and O–H groups in total. The smallest absolute Gasteiger partial charge is 0.346 e. The Morgan fingerprint density at radius 2 is 2.19 bits per heavy atom. The zero-order valence-corrected chi connectivity index (χ0v) is 12.1. The van der Waals surface area contributed by atoms with E-state index in [1.54, 1.807) is 41.7 Å². The van der Waals surface area contributed by atoms with Crippen LogP contribution in [0.25, 0.3) is 6.08 Å². The molecular weight excluding hydrogens is 288 g/mol. The summed E-state index contributed by atoms with van der Waals surface area (Å²) in [4.78, 5) is 15.0. The summed E-state index contributed by atoms with van der Waals surface area (Å²) >= 11 is 1.57. The summed E-state index contributed by atoms with van der Waals surface area (Å²) in [5.74, 6) is -0.580. The largest absolute Gasteiger partial charge is 0.487 e. The zero-order chi connectivity index (χ0) is 15.2. The van der Waals surface area contributed by atoms with E-state index in [2.05, 4.69) is 4.98 Å². The molecule has 0 radical (unpaired) electrons. The van der Waals surface area contributed by atoms with E-state index < -0.39 is 5.97 Å². The second-order valence-electron chi connectivity index (χ2n) is 4.19. The number of nitriles is 1. The van der Waals surface area contributed by atoms with Crippen LogP contribution in [0.15, 0.2) is 35.2 Å². The third-order valence-electron chi connectivity index (χ3n) is 2.60. The molecule has 0 saturated heterocycles. The molecule has 0 fully saturated rings. The van der Waals surface area contributed by atoms with Gasteiger partial charge in [0.15, 0.2) is 0 Å². The van der Waals surface area contributed by atoms with E-state index in [0.29, 0.717) is 17.9 Å². The molecule has 1 aromatic carbocycles. The predicted molar refractivity (Wildman–Crippen MR) is 78.9 cm³/mol. The Hall–Kier alpha value is -2.65. The van der Waals surface area contributed by atoms with Crippen molar-refractivity contribution < 1.29 is 14.6 Å². The van der Waals surface area contributed by atoms with E-state index in [1.807, 2.05) is 12.3 Å². The first-order valence-electron chi connectivity index (χ1n) is 6.07. The minimum Gasteiger partial charge on any atom is -0.487 e. The molecule has 0 aliphatic rings. The van der Waals surface area contributed by atoms with E-state index in [-0.39, 0.29) is 5.57 Å². The molecule has 2 rings (SSSR count). The summed E-state index contributed by atoms with van der Waals surface area (Å²) in [7, 11) is 0. The highest BCUT2D eigenvalue weighted by atomic mass is 32.1. The molecule has 0 amide bonds. The molecule has 1 aromatic heterocycles. The second kappa shape index (κ2) is 6.68. The summed E-state index contributed by atoms with van der Waals surface area (Å²) in [6.45, 7) is 2.32. The van der Waals surface area contributed by atoms with Crippen molar-refractivity contribution in [2.75, 3.05) is 0 Å². The predicted octanol–water partition coefficient (Wildman–Crippen LogP) is 3.02. The number of aryl methyl sites for hydroxylation is 1. The van der Waals surface area contributed by atoms with Crippen LogP contribution in [0.5, 0.6) is 5.75 Å². The lowest BCUT2D eigenvalue weighted by molar-refractivity contribution is -0.132. The monoisotopic (exact) mass is 300 g/mol. The number of carboxylic acid groups (broad SMARTS) is 1. The van der Waals surface area contributed by atoms with E-state index in [4.69, 9.17) is 15.1 Å². The van der Waals surface area contributed by atoms with Crippen molar-refractivity contribution in [1.82, 2.24) is 4.98 Å². The fourth-order valence-corrected chi connectivity index (χ4v) is 2.20. The molecule has 0 aliphatic heterocycles. The van der Waals surface area contributed by atoms with Crippen LogP contribution in [0.1, 0.15) is 16.3 Å². The quantitative estimate of drug-likeness (QED) is 0.678. The Kier molecular flexibility index (Phi) is 4.69. The Balaban J connectivity index is 2.02. The number of hydrogen-bond acceptors (Lipinski definition) is 5. The fourth-order valence-electron chi connectivity index (χ4n) is 1.60. The van der Waals surface area contributed by atoms with Crippen LogP contribution in [0.4, 0.5) is 0 Å². The molecule has 0 saturated carbocycles. The van der Waals surface area contributed by atoms with Crippen LogP contribution in [-0.4, -0.2) is 16.1 Å². The lowest BCUT2D eigenvalue weighted by Crippen LogP contribution is -1.97. The molecule has 2 aromatic rings. The first-order chi connectivity index (χ1) is 10.1. The van der Waals surface area contributed by atoms with Crippen LogP contribution >= 0.6 is 11.3 Å². The van der Waals surface area contributed by atoms with Crippen molar-refractivity contribution in [2.45, 2.75) is 13.5 Å². The number of benzene rings is 1. The van der Waals surface area contributed by atoms with Crippen molar-refractivity contribution in [3.63, 3.8) is 0 Å². The maximum absolute atomic E-state index is 10.7. The molecule has 0 unspecified atom stereocenters. The van der Waals surface area contributed by atoms with E-state index in [1.165, 1.54) is 6.08 Å². The average molecular weight is 300 g/mol. The SMILES string of the molecule is Cc1nc(COc2ccc(/C=C(/C#N)C(=O)O)cc2)cs1. The van der Waals surface area contributed by atoms with Gasteiger partial charge in [0.1, 0.15) is 24.0 Å². The van der Waals surface area contributed by atoms with Crippen LogP contribution < -0.4 is 4.74 Å². The number of aromatic nitrogens is 1. The number of rotatable bonds is 5. The van der Waals surface area contributed by atoms with E-state index in [0.717, 1.165) is 10.7 Å². The van der Waals surface area contributed by atoms with Gasteiger partial charge in [-0.3, -0.25) is 0 Å². The Morgan fingerprint density at radius 3 is 2.71 bits per heavy atom. The lowest BCUT2D eigenvalue weighted by Gasteiger charge is -2.04. The molecule has 0 aliphatic carbocycles. The van der Waals surface area contributed by atoms with Gasteiger partial charge in [-0.15, -0.1) is 11.3 Å². The first-order valence-corrected chi connectivity index (χ1v) is 6.95. The van der Waals surface area contributed by atoms with E-state index in [9.17, 15) is 4.79 Å². The normalized spacial score (nSPS) is 11.0. The number of carboxylic acids is 1. The van der Waals surface area contributed by atoms with Gasteiger partial charge >= 0.3 is 5.97 Å². The molecule has 6 heteroatoms. The third kappa shape index (κ3) is 4.16. The lowest BCUT2D eigenvalue weighted by atomic mass is 10.1. The van der Waals surface area contributed by atoms with Gasteiger partial charge in [-0.25, -0.2) is 9.78 Å². The average Bonchev–Trinajstić information content (AvgIpc) is 2.89. The number of hydrogen-bond donors (Lipinski definition) is 1. The number of aliphatic carboxylic acids is 1. The highest BCUT2D eigenvalue weighted by Gasteiger charge is 2.05. The van der Waals surface area contributed by atoms with Gasteiger partial charge in [0, 0.05) is 5.38 Å². The van der Waals surface area contributed by atoms with Crippen LogP contribution in [0, 0.1) is 18.3 Å². The summed E-state index contributed by atoms with van der Waals surface area (Å²) in [6, 6.07) is 8.48. The van der Waals surface area contributed by atoms with Gasteiger partial charge in [-0.05, 0) is 30.7 Å². The highest BCUT2D eigenvalue weighted by molar-refractivity contribution is 7.09. The van der Waals surface area contributed by atoms with Crippen molar-refractivity contribution in [3.05, 3.63) is 51.5 Å². The minimum atomic E-state index is -1.24. The van der Waals surface area contributed by atoms with E-state index >= 15 is 0 Å². The molecule has 106 valence electrons. The third-order valence-corrected chi connectivity index (χ3v) is 3.42. The molecule has 0 atom stereocenters. The van der Waals surface area contributed by atoms with Crippen molar-refractivity contribution in [1.29, 1.82) is 5.26 Å².